The molecule has 0 aliphatic carbocycles. The van der Waals surface area contributed by atoms with Crippen LogP contribution in [0.15, 0.2) is 48.5 Å². The Hall–Kier alpha value is -3.02. The molecule has 0 aromatic heterocycles. The fourth-order valence-electron chi connectivity index (χ4n) is 2.07. The Bertz CT molecular complexity index is 756. The molecule has 6 heteroatoms. The Labute approximate surface area is 138 Å². The molecule has 0 spiro atoms. The van der Waals surface area contributed by atoms with Crippen LogP contribution in [0.3, 0.4) is 0 Å². The van der Waals surface area contributed by atoms with Crippen molar-refractivity contribution >= 4 is 23.3 Å². The van der Waals surface area contributed by atoms with Gasteiger partial charge in [0, 0.05) is 24.1 Å². The molecule has 124 valence electrons. The van der Waals surface area contributed by atoms with Gasteiger partial charge in [0.15, 0.2) is 5.78 Å². The van der Waals surface area contributed by atoms with Crippen molar-refractivity contribution in [3.8, 4) is 0 Å². The molecule has 0 unspecified atom stereocenters. The molecule has 2 rings (SSSR count). The van der Waals surface area contributed by atoms with E-state index in [2.05, 4.69) is 10.1 Å². The van der Waals surface area contributed by atoms with Crippen LogP contribution in [-0.4, -0.2) is 24.8 Å². The van der Waals surface area contributed by atoms with Gasteiger partial charge in [-0.25, -0.2) is 9.18 Å². The summed E-state index contributed by atoms with van der Waals surface area (Å²) in [5.74, 6) is -1.52. The smallest absolute Gasteiger partial charge is 0.337 e. The van der Waals surface area contributed by atoms with Crippen molar-refractivity contribution in [1.82, 2.24) is 0 Å². The lowest BCUT2D eigenvalue weighted by Gasteiger charge is -2.07. The molecule has 2 aromatic carbocycles. The van der Waals surface area contributed by atoms with Crippen LogP contribution in [0.4, 0.5) is 10.1 Å². The van der Waals surface area contributed by atoms with Crippen LogP contribution in [-0.2, 0) is 9.53 Å². The first-order chi connectivity index (χ1) is 11.5. The van der Waals surface area contributed by atoms with Crippen molar-refractivity contribution in [3.63, 3.8) is 0 Å². The maximum absolute atomic E-state index is 12.8. The fourth-order valence-corrected chi connectivity index (χ4v) is 2.07. The molecular formula is C18H16FNO4. The van der Waals surface area contributed by atoms with Crippen molar-refractivity contribution in [2.45, 2.75) is 12.8 Å². The van der Waals surface area contributed by atoms with Crippen molar-refractivity contribution in [3.05, 3.63) is 65.5 Å². The number of methoxy groups -OCH3 is 1. The van der Waals surface area contributed by atoms with Gasteiger partial charge in [-0.2, -0.15) is 0 Å². The molecule has 0 saturated heterocycles. The highest BCUT2D eigenvalue weighted by atomic mass is 19.1. The van der Waals surface area contributed by atoms with Gasteiger partial charge < -0.3 is 10.1 Å². The standard InChI is InChI=1S/C18H16FNO4/c1-24-18(23)13-3-2-4-15(11-13)20-17(22)10-9-16(21)12-5-7-14(19)8-6-12/h2-8,11H,9-10H2,1H3,(H,20,22). The number of ether oxygens (including phenoxy) is 1. The van der Waals surface area contributed by atoms with Gasteiger partial charge in [0.25, 0.3) is 0 Å². The topological polar surface area (TPSA) is 72.5 Å². The van der Waals surface area contributed by atoms with E-state index in [1.807, 2.05) is 0 Å². The highest BCUT2D eigenvalue weighted by Gasteiger charge is 2.11. The van der Waals surface area contributed by atoms with Gasteiger partial charge in [0.2, 0.25) is 5.91 Å². The van der Waals surface area contributed by atoms with Crippen LogP contribution in [0.1, 0.15) is 33.6 Å². The van der Waals surface area contributed by atoms with Gasteiger partial charge in [-0.3, -0.25) is 9.59 Å². The summed E-state index contributed by atoms with van der Waals surface area (Å²) in [7, 11) is 1.27. The quantitative estimate of drug-likeness (QED) is 0.652. The summed E-state index contributed by atoms with van der Waals surface area (Å²) in [5, 5.41) is 2.62. The summed E-state index contributed by atoms with van der Waals surface area (Å²) in [6.45, 7) is 0. The Morgan fingerprint density at radius 2 is 1.71 bits per heavy atom. The van der Waals surface area contributed by atoms with E-state index in [4.69, 9.17) is 0 Å². The van der Waals surface area contributed by atoms with Crippen molar-refractivity contribution in [2.75, 3.05) is 12.4 Å². The second kappa shape index (κ2) is 8.01. The van der Waals surface area contributed by atoms with E-state index in [0.717, 1.165) is 0 Å². The van der Waals surface area contributed by atoms with Crippen LogP contribution in [0.25, 0.3) is 0 Å². The molecule has 0 fully saturated rings. The normalized spacial score (nSPS) is 10.1. The summed E-state index contributed by atoms with van der Waals surface area (Å²) in [6, 6.07) is 11.5. The predicted octanol–water partition coefficient (Wildman–Crippen LogP) is 3.21. The monoisotopic (exact) mass is 329 g/mol. The van der Waals surface area contributed by atoms with Gasteiger partial charge in [-0.05, 0) is 42.5 Å². The lowest BCUT2D eigenvalue weighted by Crippen LogP contribution is -2.14. The number of halogens is 1. The van der Waals surface area contributed by atoms with E-state index in [0.29, 0.717) is 16.8 Å². The Balaban J connectivity index is 1.90. The molecule has 24 heavy (non-hydrogen) atoms. The number of benzene rings is 2. The van der Waals surface area contributed by atoms with Crippen molar-refractivity contribution < 1.29 is 23.5 Å². The average Bonchev–Trinajstić information content (AvgIpc) is 2.59. The van der Waals surface area contributed by atoms with Crippen molar-refractivity contribution in [2.24, 2.45) is 0 Å². The Morgan fingerprint density at radius 3 is 2.38 bits per heavy atom. The maximum Gasteiger partial charge on any atom is 0.337 e. The molecule has 0 aliphatic heterocycles. The van der Waals surface area contributed by atoms with Gasteiger partial charge in [0.1, 0.15) is 5.82 Å². The summed E-state index contributed by atoms with van der Waals surface area (Å²) < 4.78 is 17.4. The largest absolute Gasteiger partial charge is 0.465 e. The van der Waals surface area contributed by atoms with Crippen LogP contribution in [0.5, 0.6) is 0 Å². The van der Waals surface area contributed by atoms with E-state index in [-0.39, 0.29) is 24.5 Å². The number of nitrogens with one attached hydrogen (secondary N) is 1. The number of anilines is 1. The summed E-state index contributed by atoms with van der Waals surface area (Å²) in [5.41, 5.74) is 1.12. The van der Waals surface area contributed by atoms with Gasteiger partial charge in [0.05, 0.1) is 12.7 Å². The number of hydrogen-bond donors (Lipinski definition) is 1. The van der Waals surface area contributed by atoms with E-state index in [1.165, 1.54) is 37.4 Å². The molecule has 0 heterocycles. The number of ketones is 1. The number of carbonyl (C=O) groups excluding carboxylic acids is 3. The minimum absolute atomic E-state index is 0.00809. The zero-order valence-electron chi connectivity index (χ0n) is 13.0. The first-order valence-corrected chi connectivity index (χ1v) is 7.26. The number of esters is 1. The third kappa shape index (κ3) is 4.74. The molecule has 0 saturated carbocycles. The van der Waals surface area contributed by atoms with Gasteiger partial charge in [-0.15, -0.1) is 0 Å². The zero-order chi connectivity index (χ0) is 17.5. The third-order valence-corrected chi connectivity index (χ3v) is 3.31. The van der Waals surface area contributed by atoms with Crippen LogP contribution in [0.2, 0.25) is 0 Å². The molecule has 1 N–H and O–H groups in total. The minimum atomic E-state index is -0.502. The van der Waals surface area contributed by atoms with Gasteiger partial charge >= 0.3 is 5.97 Å². The predicted molar refractivity (Wildman–Crippen MR) is 86.4 cm³/mol. The molecule has 0 atom stereocenters. The second-order valence-electron chi connectivity index (χ2n) is 5.05. The van der Waals surface area contributed by atoms with E-state index >= 15 is 0 Å². The molecule has 5 nitrogen and oxygen atoms in total. The SMILES string of the molecule is COC(=O)c1cccc(NC(=O)CCC(=O)c2ccc(F)cc2)c1. The van der Waals surface area contributed by atoms with Crippen molar-refractivity contribution in [1.29, 1.82) is 0 Å². The summed E-state index contributed by atoms with van der Waals surface area (Å²) in [6.07, 6.45) is -0.00712. The number of Topliss-reactive ketones (excluding diaryl/α,β-unsaturated/α-hetero) is 1. The van der Waals surface area contributed by atoms with Gasteiger partial charge in [-0.1, -0.05) is 6.07 Å². The second-order valence-corrected chi connectivity index (χ2v) is 5.05. The van der Waals surface area contributed by atoms with E-state index in [9.17, 15) is 18.8 Å². The summed E-state index contributed by atoms with van der Waals surface area (Å²) >= 11 is 0. The number of hydrogen-bond acceptors (Lipinski definition) is 4. The average molecular weight is 329 g/mol. The molecular weight excluding hydrogens is 313 g/mol. The molecule has 1 amide bonds. The number of rotatable bonds is 6. The molecule has 0 radical (unpaired) electrons. The Kier molecular flexibility index (Phi) is 5.78. The Morgan fingerprint density at radius 1 is 1.00 bits per heavy atom. The minimum Gasteiger partial charge on any atom is -0.465 e. The lowest BCUT2D eigenvalue weighted by atomic mass is 10.1. The van der Waals surface area contributed by atoms with Crippen LogP contribution in [0, 0.1) is 5.82 Å². The van der Waals surface area contributed by atoms with E-state index in [1.54, 1.807) is 18.2 Å². The first-order valence-electron chi connectivity index (χ1n) is 7.26. The molecule has 0 aliphatic rings. The van der Waals surface area contributed by atoms with E-state index < -0.39 is 11.8 Å². The maximum atomic E-state index is 12.8. The number of amides is 1. The van der Waals surface area contributed by atoms with Crippen LogP contribution >= 0.6 is 0 Å². The fraction of sp³-hybridized carbons (Fsp3) is 0.167. The lowest BCUT2D eigenvalue weighted by molar-refractivity contribution is -0.116. The zero-order valence-corrected chi connectivity index (χ0v) is 13.0. The summed E-state index contributed by atoms with van der Waals surface area (Å²) in [4.78, 5) is 35.3. The first kappa shape index (κ1) is 17.3. The van der Waals surface area contributed by atoms with Crippen LogP contribution < -0.4 is 5.32 Å². The number of carbonyl (C=O) groups is 3. The molecule has 2 aromatic rings. The third-order valence-electron chi connectivity index (χ3n) is 3.31. The highest BCUT2D eigenvalue weighted by molar-refractivity contribution is 6.00. The highest BCUT2D eigenvalue weighted by Crippen LogP contribution is 2.13. The molecule has 0 bridgehead atoms.